The van der Waals surface area contributed by atoms with Gasteiger partial charge >= 0.3 is 5.69 Å². The lowest BCUT2D eigenvalue weighted by atomic mass is 10.2. The van der Waals surface area contributed by atoms with Crippen molar-refractivity contribution in [1.82, 2.24) is 14.0 Å². The number of nitro benzene ring substituents is 1. The standard InChI is InChI=1S/C20H20BrN5O5/c1-2-24-17-9-15(26(30)31)6-7-16(17)25(20(24)29)12-19(28)23(11-18(22)27)10-13-4-3-5-14(21)8-13/h3-9H,2,10-12H2,1H3,(H2,22,27). The summed E-state index contributed by atoms with van der Waals surface area (Å²) < 4.78 is 3.43. The summed E-state index contributed by atoms with van der Waals surface area (Å²) in [5.74, 6) is -1.16. The number of hydrogen-bond donors (Lipinski definition) is 1. The van der Waals surface area contributed by atoms with Crippen molar-refractivity contribution >= 4 is 44.5 Å². The molecule has 10 nitrogen and oxygen atoms in total. The zero-order valence-corrected chi connectivity index (χ0v) is 18.2. The minimum atomic E-state index is -0.678. The van der Waals surface area contributed by atoms with Crippen molar-refractivity contribution in [3.8, 4) is 0 Å². The molecule has 0 saturated carbocycles. The first-order valence-electron chi connectivity index (χ1n) is 9.39. The van der Waals surface area contributed by atoms with E-state index in [9.17, 15) is 24.5 Å². The molecule has 0 spiro atoms. The fraction of sp³-hybridized carbons (Fsp3) is 0.250. The van der Waals surface area contributed by atoms with Crippen LogP contribution >= 0.6 is 15.9 Å². The van der Waals surface area contributed by atoms with Crippen LogP contribution in [0.25, 0.3) is 11.0 Å². The molecule has 2 aromatic carbocycles. The van der Waals surface area contributed by atoms with Gasteiger partial charge in [-0.15, -0.1) is 0 Å². The minimum absolute atomic E-state index is 0.133. The van der Waals surface area contributed by atoms with Crippen LogP contribution in [0.5, 0.6) is 0 Å². The molecule has 0 atom stereocenters. The Balaban J connectivity index is 1.97. The molecule has 0 saturated heterocycles. The van der Waals surface area contributed by atoms with Crippen LogP contribution in [-0.4, -0.2) is 37.3 Å². The summed E-state index contributed by atoms with van der Waals surface area (Å²) in [5.41, 5.74) is 6.25. The number of carbonyl (C=O) groups excluding carboxylic acids is 2. The Hall–Kier alpha value is -3.47. The van der Waals surface area contributed by atoms with Crippen molar-refractivity contribution in [2.75, 3.05) is 6.54 Å². The molecule has 0 aliphatic rings. The molecule has 0 aliphatic carbocycles. The molecule has 1 heterocycles. The Kier molecular flexibility index (Phi) is 6.54. The predicted octanol–water partition coefficient (Wildman–Crippen LogP) is 2.01. The first-order chi connectivity index (χ1) is 14.7. The van der Waals surface area contributed by atoms with Gasteiger partial charge in [0.05, 0.1) is 22.5 Å². The number of primary amides is 1. The van der Waals surface area contributed by atoms with Gasteiger partial charge in [-0.3, -0.25) is 28.8 Å². The second-order valence-electron chi connectivity index (χ2n) is 6.89. The number of amides is 2. The highest BCUT2D eigenvalue weighted by Crippen LogP contribution is 2.21. The molecule has 0 unspecified atom stereocenters. The Morgan fingerprint density at radius 3 is 2.52 bits per heavy atom. The summed E-state index contributed by atoms with van der Waals surface area (Å²) in [7, 11) is 0. The maximum Gasteiger partial charge on any atom is 0.329 e. The second-order valence-corrected chi connectivity index (χ2v) is 7.80. The van der Waals surface area contributed by atoms with E-state index in [1.165, 1.54) is 32.2 Å². The Labute approximate surface area is 185 Å². The largest absolute Gasteiger partial charge is 0.368 e. The highest BCUT2D eigenvalue weighted by Gasteiger charge is 2.22. The molecule has 0 bridgehead atoms. The molecule has 0 aliphatic heterocycles. The molecule has 2 N–H and O–H groups in total. The lowest BCUT2D eigenvalue weighted by Gasteiger charge is -2.21. The van der Waals surface area contributed by atoms with Gasteiger partial charge in [0, 0.05) is 29.7 Å². The van der Waals surface area contributed by atoms with Gasteiger partial charge in [0.2, 0.25) is 11.8 Å². The molecule has 0 radical (unpaired) electrons. The van der Waals surface area contributed by atoms with Crippen LogP contribution in [-0.2, 0) is 29.2 Å². The van der Waals surface area contributed by atoms with Gasteiger partial charge in [-0.2, -0.15) is 0 Å². The third-order valence-corrected chi connectivity index (χ3v) is 5.28. The topological polar surface area (TPSA) is 133 Å². The molecule has 3 aromatic rings. The molecular formula is C20H20BrN5O5. The van der Waals surface area contributed by atoms with Crippen LogP contribution < -0.4 is 11.4 Å². The number of imidazole rings is 1. The minimum Gasteiger partial charge on any atom is -0.368 e. The van der Waals surface area contributed by atoms with Crippen LogP contribution in [0.4, 0.5) is 5.69 Å². The Morgan fingerprint density at radius 2 is 1.90 bits per heavy atom. The fourth-order valence-electron chi connectivity index (χ4n) is 3.39. The highest BCUT2D eigenvalue weighted by molar-refractivity contribution is 9.10. The zero-order chi connectivity index (χ0) is 22.7. The van der Waals surface area contributed by atoms with E-state index in [4.69, 9.17) is 5.73 Å². The zero-order valence-electron chi connectivity index (χ0n) is 16.7. The lowest BCUT2D eigenvalue weighted by Crippen LogP contribution is -2.41. The van der Waals surface area contributed by atoms with E-state index in [0.29, 0.717) is 11.0 Å². The van der Waals surface area contributed by atoms with Crippen LogP contribution in [0, 0.1) is 10.1 Å². The third kappa shape index (κ3) is 4.82. The molecule has 1 aromatic heterocycles. The highest BCUT2D eigenvalue weighted by atomic mass is 79.9. The number of non-ortho nitro benzene ring substituents is 1. The monoisotopic (exact) mass is 489 g/mol. The predicted molar refractivity (Wildman–Crippen MR) is 117 cm³/mol. The van der Waals surface area contributed by atoms with Gasteiger partial charge in [0.15, 0.2) is 0 Å². The van der Waals surface area contributed by atoms with E-state index in [2.05, 4.69) is 15.9 Å². The van der Waals surface area contributed by atoms with E-state index in [-0.39, 0.29) is 31.9 Å². The first-order valence-corrected chi connectivity index (χ1v) is 10.2. The van der Waals surface area contributed by atoms with Gasteiger partial charge in [-0.25, -0.2) is 4.79 Å². The Bertz CT molecular complexity index is 1230. The number of nitrogens with zero attached hydrogens (tertiary/aromatic N) is 4. The number of nitro groups is 1. The van der Waals surface area contributed by atoms with E-state index in [1.54, 1.807) is 19.1 Å². The summed E-state index contributed by atoms with van der Waals surface area (Å²) in [6.07, 6.45) is 0. The summed E-state index contributed by atoms with van der Waals surface area (Å²) >= 11 is 3.37. The van der Waals surface area contributed by atoms with E-state index in [1.807, 2.05) is 12.1 Å². The Morgan fingerprint density at radius 1 is 1.16 bits per heavy atom. The second kappa shape index (κ2) is 9.13. The normalized spacial score (nSPS) is 10.9. The van der Waals surface area contributed by atoms with Gasteiger partial charge < -0.3 is 10.6 Å². The van der Waals surface area contributed by atoms with Crippen molar-refractivity contribution in [2.45, 2.75) is 26.6 Å². The number of halogens is 1. The average Bonchev–Trinajstić information content (AvgIpc) is 2.97. The molecule has 31 heavy (non-hydrogen) atoms. The van der Waals surface area contributed by atoms with Crippen LogP contribution in [0.1, 0.15) is 12.5 Å². The number of benzene rings is 2. The van der Waals surface area contributed by atoms with E-state index >= 15 is 0 Å². The fourth-order valence-corrected chi connectivity index (χ4v) is 3.84. The lowest BCUT2D eigenvalue weighted by molar-refractivity contribution is -0.384. The molecular weight excluding hydrogens is 470 g/mol. The summed E-state index contributed by atoms with van der Waals surface area (Å²) in [4.78, 5) is 49.3. The molecule has 3 rings (SSSR count). The maximum atomic E-state index is 13.0. The van der Waals surface area contributed by atoms with Crippen molar-refractivity contribution in [3.63, 3.8) is 0 Å². The number of fused-ring (bicyclic) bond motifs is 1. The number of hydrogen-bond acceptors (Lipinski definition) is 5. The van der Waals surface area contributed by atoms with Gasteiger partial charge in [0.25, 0.3) is 5.69 Å². The number of carbonyl (C=O) groups is 2. The third-order valence-electron chi connectivity index (χ3n) is 4.78. The molecule has 2 amide bonds. The number of aromatic nitrogens is 2. The first kappa shape index (κ1) is 22.2. The maximum absolute atomic E-state index is 13.0. The van der Waals surface area contributed by atoms with Gasteiger partial charge in [0.1, 0.15) is 6.54 Å². The summed E-state index contributed by atoms with van der Waals surface area (Å²) in [6, 6.07) is 11.3. The van der Waals surface area contributed by atoms with Crippen molar-refractivity contribution in [2.24, 2.45) is 5.73 Å². The van der Waals surface area contributed by atoms with Crippen LogP contribution in [0.2, 0.25) is 0 Å². The van der Waals surface area contributed by atoms with Gasteiger partial charge in [-0.05, 0) is 30.7 Å². The SMILES string of the molecule is CCn1c(=O)n(CC(=O)N(CC(N)=O)Cc2cccc(Br)c2)c2ccc([N+](=O)[O-])cc21. The summed E-state index contributed by atoms with van der Waals surface area (Å²) in [5, 5.41) is 11.1. The average molecular weight is 490 g/mol. The van der Waals surface area contributed by atoms with Crippen molar-refractivity contribution in [3.05, 3.63) is 73.1 Å². The number of aryl methyl sites for hydroxylation is 1. The summed E-state index contributed by atoms with van der Waals surface area (Å²) in [6.45, 7) is 1.51. The van der Waals surface area contributed by atoms with Crippen LogP contribution in [0.3, 0.4) is 0 Å². The van der Waals surface area contributed by atoms with Crippen molar-refractivity contribution in [1.29, 1.82) is 0 Å². The van der Waals surface area contributed by atoms with E-state index < -0.39 is 22.4 Å². The van der Waals surface area contributed by atoms with E-state index in [0.717, 1.165) is 10.0 Å². The van der Waals surface area contributed by atoms with Gasteiger partial charge in [-0.1, -0.05) is 28.1 Å². The number of rotatable bonds is 8. The molecule has 162 valence electrons. The van der Waals surface area contributed by atoms with Crippen LogP contribution in [0.15, 0.2) is 51.7 Å². The van der Waals surface area contributed by atoms with Crippen molar-refractivity contribution < 1.29 is 14.5 Å². The molecule has 0 fully saturated rings. The number of nitrogens with two attached hydrogens (primary N) is 1. The quantitative estimate of drug-likeness (QED) is 0.381. The smallest absolute Gasteiger partial charge is 0.329 e. The molecule has 11 heteroatoms.